The highest BCUT2D eigenvalue weighted by Crippen LogP contribution is 2.46. The van der Waals surface area contributed by atoms with E-state index in [9.17, 15) is 28.1 Å². The zero-order valence-electron chi connectivity index (χ0n) is 17.6. The lowest BCUT2D eigenvalue weighted by Crippen LogP contribution is -2.48. The van der Waals surface area contributed by atoms with Crippen molar-refractivity contribution in [2.75, 3.05) is 7.11 Å². The average molecular weight is 501 g/mol. The Labute approximate surface area is 199 Å². The molecule has 11 heteroatoms. The molecule has 0 bridgehead atoms. The molecule has 0 aliphatic carbocycles. The van der Waals surface area contributed by atoms with Gasteiger partial charge in [0.2, 0.25) is 0 Å². The number of nitro groups is 1. The summed E-state index contributed by atoms with van der Waals surface area (Å²) in [6.45, 7) is 0. The van der Waals surface area contributed by atoms with Crippen LogP contribution in [0.5, 0.6) is 0 Å². The zero-order chi connectivity index (χ0) is 24.6. The maximum absolute atomic E-state index is 13.9. The molecule has 0 radical (unpaired) electrons. The number of rotatable bonds is 5. The molecule has 1 heterocycles. The monoisotopic (exact) mass is 500 g/mol. The number of fused-ring (bicyclic) bond motifs is 1. The van der Waals surface area contributed by atoms with Crippen LogP contribution >= 0.6 is 11.6 Å². The molecule has 1 aliphatic heterocycles. The molecule has 0 aromatic heterocycles. The number of carbonyl (C=O) groups excluding carboxylic acids is 2. The number of sulfonamides is 1. The first-order chi connectivity index (χ1) is 16.2. The van der Waals surface area contributed by atoms with Gasteiger partial charge in [-0.1, -0.05) is 54.1 Å². The van der Waals surface area contributed by atoms with Crippen molar-refractivity contribution < 1.29 is 27.7 Å². The fraction of sp³-hybridized carbons (Fsp3) is 0.130. The fourth-order valence-electron chi connectivity index (χ4n) is 4.07. The minimum Gasteiger partial charge on any atom is -0.468 e. The highest BCUT2D eigenvalue weighted by atomic mass is 35.5. The van der Waals surface area contributed by atoms with Gasteiger partial charge in [0.15, 0.2) is 4.90 Å². The van der Waals surface area contributed by atoms with Crippen molar-refractivity contribution in [3.05, 3.63) is 105 Å². The number of hydrogen-bond donors (Lipinski definition) is 0. The number of para-hydroxylation sites is 1. The van der Waals surface area contributed by atoms with Crippen LogP contribution in [-0.2, 0) is 19.6 Å². The van der Waals surface area contributed by atoms with E-state index >= 15 is 0 Å². The molecule has 1 aliphatic rings. The maximum atomic E-state index is 13.9. The maximum Gasteiger partial charge on any atom is 0.315 e. The molecular formula is C23H17ClN2O7S. The summed E-state index contributed by atoms with van der Waals surface area (Å²) in [7, 11) is -3.66. The lowest BCUT2D eigenvalue weighted by Gasteiger charge is -2.40. The third kappa shape index (κ3) is 3.80. The Bertz CT molecular complexity index is 1410. The SMILES string of the molecule is COC(=O)[C@@H]1c2ccccc2C(=O)N(S(=O)(=O)c2ccccc2[N+](=O)[O-])[C@H]1c1ccc(Cl)cc1. The van der Waals surface area contributed by atoms with Crippen molar-refractivity contribution in [3.63, 3.8) is 0 Å². The number of esters is 1. The van der Waals surface area contributed by atoms with Crippen molar-refractivity contribution in [1.82, 2.24) is 4.31 Å². The highest BCUT2D eigenvalue weighted by Gasteiger charge is 2.51. The molecule has 9 nitrogen and oxygen atoms in total. The summed E-state index contributed by atoms with van der Waals surface area (Å²) in [6.07, 6.45) is 0. The van der Waals surface area contributed by atoms with Gasteiger partial charge in [-0.2, -0.15) is 0 Å². The molecule has 0 saturated heterocycles. The van der Waals surface area contributed by atoms with Crippen molar-refractivity contribution in [1.29, 1.82) is 0 Å². The lowest BCUT2D eigenvalue weighted by atomic mass is 9.81. The second kappa shape index (κ2) is 8.88. The number of hydrogen-bond acceptors (Lipinski definition) is 7. The Hall–Kier alpha value is -3.76. The number of nitrogens with zero attached hydrogens (tertiary/aromatic N) is 2. The second-order valence-corrected chi connectivity index (χ2v) is 9.64. The summed E-state index contributed by atoms with van der Waals surface area (Å²) in [4.78, 5) is 36.7. The molecule has 3 aromatic carbocycles. The average Bonchev–Trinajstić information content (AvgIpc) is 2.83. The zero-order valence-corrected chi connectivity index (χ0v) is 19.2. The van der Waals surface area contributed by atoms with E-state index < -0.39 is 49.4 Å². The van der Waals surface area contributed by atoms with Crippen molar-refractivity contribution in [3.8, 4) is 0 Å². The van der Waals surface area contributed by atoms with Gasteiger partial charge in [-0.05, 0) is 35.4 Å². The van der Waals surface area contributed by atoms with Crippen LogP contribution in [0.2, 0.25) is 5.02 Å². The number of methoxy groups -OCH3 is 1. The summed E-state index contributed by atoms with van der Waals surface area (Å²) >= 11 is 6.00. The van der Waals surface area contributed by atoms with E-state index in [1.165, 1.54) is 48.5 Å². The first kappa shape index (κ1) is 23.4. The summed E-state index contributed by atoms with van der Waals surface area (Å²) in [5, 5.41) is 11.9. The number of carbonyl (C=O) groups is 2. The van der Waals surface area contributed by atoms with Gasteiger partial charge >= 0.3 is 5.97 Å². The van der Waals surface area contributed by atoms with Crippen LogP contribution < -0.4 is 0 Å². The molecule has 1 amide bonds. The highest BCUT2D eigenvalue weighted by molar-refractivity contribution is 7.89. The molecular weight excluding hydrogens is 484 g/mol. The smallest absolute Gasteiger partial charge is 0.315 e. The topological polar surface area (TPSA) is 124 Å². The quantitative estimate of drug-likeness (QED) is 0.293. The molecule has 2 atom stereocenters. The van der Waals surface area contributed by atoms with E-state index in [-0.39, 0.29) is 16.7 Å². The van der Waals surface area contributed by atoms with E-state index in [1.807, 2.05) is 0 Å². The predicted molar refractivity (Wildman–Crippen MR) is 122 cm³/mol. The molecule has 0 fully saturated rings. The predicted octanol–water partition coefficient (Wildman–Crippen LogP) is 4.09. The normalized spacial score (nSPS) is 17.7. The van der Waals surface area contributed by atoms with Gasteiger partial charge in [-0.15, -0.1) is 0 Å². The van der Waals surface area contributed by atoms with Crippen molar-refractivity contribution in [2.24, 2.45) is 0 Å². The van der Waals surface area contributed by atoms with E-state index in [0.717, 1.165) is 19.2 Å². The molecule has 0 N–H and O–H groups in total. The van der Waals surface area contributed by atoms with E-state index in [4.69, 9.17) is 16.3 Å². The number of halogens is 1. The van der Waals surface area contributed by atoms with Crippen LogP contribution in [0.15, 0.2) is 77.7 Å². The van der Waals surface area contributed by atoms with Gasteiger partial charge in [0.1, 0.15) is 5.92 Å². The molecule has 0 saturated carbocycles. The Morgan fingerprint density at radius 2 is 1.65 bits per heavy atom. The van der Waals surface area contributed by atoms with Crippen molar-refractivity contribution in [2.45, 2.75) is 16.9 Å². The minimum absolute atomic E-state index is 0.0229. The van der Waals surface area contributed by atoms with Gasteiger partial charge < -0.3 is 4.74 Å². The Balaban J connectivity index is 2.05. The minimum atomic E-state index is -4.81. The Morgan fingerprint density at radius 1 is 1.03 bits per heavy atom. The second-order valence-electron chi connectivity index (χ2n) is 7.42. The molecule has 3 aromatic rings. The number of amides is 1. The molecule has 34 heavy (non-hydrogen) atoms. The molecule has 0 spiro atoms. The van der Waals surface area contributed by atoms with Gasteiger partial charge in [-0.3, -0.25) is 19.7 Å². The largest absolute Gasteiger partial charge is 0.468 e. The number of nitro benzene ring substituents is 1. The molecule has 4 rings (SSSR count). The van der Waals surface area contributed by atoms with Crippen LogP contribution in [0.4, 0.5) is 5.69 Å². The molecule has 174 valence electrons. The number of ether oxygens (including phenoxy) is 1. The first-order valence-electron chi connectivity index (χ1n) is 9.93. The van der Waals surface area contributed by atoms with Gasteiger partial charge in [-0.25, -0.2) is 12.7 Å². The van der Waals surface area contributed by atoms with Gasteiger partial charge in [0.25, 0.3) is 21.6 Å². The van der Waals surface area contributed by atoms with Gasteiger partial charge in [0, 0.05) is 16.7 Å². The van der Waals surface area contributed by atoms with E-state index in [1.54, 1.807) is 12.1 Å². The van der Waals surface area contributed by atoms with Crippen molar-refractivity contribution >= 4 is 39.2 Å². The number of benzene rings is 3. The van der Waals surface area contributed by atoms with E-state index in [2.05, 4.69) is 0 Å². The summed E-state index contributed by atoms with van der Waals surface area (Å²) in [5.74, 6) is -2.92. The van der Waals surface area contributed by atoms with Crippen LogP contribution in [-0.4, -0.2) is 36.6 Å². The Morgan fingerprint density at radius 3 is 2.29 bits per heavy atom. The third-order valence-corrected chi connectivity index (χ3v) is 7.62. The van der Waals surface area contributed by atoms with Crippen LogP contribution in [0, 0.1) is 10.1 Å². The van der Waals surface area contributed by atoms with E-state index in [0.29, 0.717) is 9.33 Å². The van der Waals surface area contributed by atoms with Crippen LogP contribution in [0.1, 0.15) is 33.4 Å². The lowest BCUT2D eigenvalue weighted by molar-refractivity contribution is -0.387. The summed E-state index contributed by atoms with van der Waals surface area (Å²) in [6, 6.07) is 15.4. The van der Waals surface area contributed by atoms with Crippen LogP contribution in [0.25, 0.3) is 0 Å². The standard InChI is InChI=1S/C23H17ClN2O7S/c1-33-23(28)20-16-6-2-3-7-17(16)22(27)25(21(20)14-10-12-15(24)13-11-14)34(31,32)19-9-5-4-8-18(19)26(29)30/h2-13,20-21H,1H3/t20-,21+/m1/s1. The van der Waals surface area contributed by atoms with Gasteiger partial charge in [0.05, 0.1) is 18.1 Å². The third-order valence-electron chi connectivity index (χ3n) is 5.56. The Kier molecular flexibility index (Phi) is 6.11. The first-order valence-corrected chi connectivity index (χ1v) is 11.7. The van der Waals surface area contributed by atoms with Crippen LogP contribution in [0.3, 0.4) is 0 Å². The fourth-order valence-corrected chi connectivity index (χ4v) is 5.93. The molecule has 0 unspecified atom stereocenters. The summed E-state index contributed by atoms with van der Waals surface area (Å²) < 4.78 is 33.2. The summed E-state index contributed by atoms with van der Waals surface area (Å²) in [5.41, 5.74) is -0.151.